The minimum absolute atomic E-state index is 0.337. The van der Waals surface area contributed by atoms with E-state index in [9.17, 15) is 9.18 Å². The summed E-state index contributed by atoms with van der Waals surface area (Å²) in [5, 5.41) is 0. The van der Waals surface area contributed by atoms with Gasteiger partial charge in [0.15, 0.2) is 0 Å². The Kier molecular flexibility index (Phi) is 10.1. The highest BCUT2D eigenvalue weighted by molar-refractivity contribution is 8.32. The third kappa shape index (κ3) is 8.55. The van der Waals surface area contributed by atoms with Crippen LogP contribution in [0, 0.1) is 5.82 Å². The van der Waals surface area contributed by atoms with E-state index in [4.69, 9.17) is 0 Å². The summed E-state index contributed by atoms with van der Waals surface area (Å²) in [5.74, 6) is -0.343. The molecular weight excluding hydrogens is 269 g/mol. The Morgan fingerprint density at radius 2 is 1.83 bits per heavy atom. The standard InChI is InChI=1S/C7H5FOS2.C6H15N/c8-5-2-1-3-6(4-5)11-7(9)10;1-4-7(5-2)6-3/h1-4H,(H,9,10);4-6H2,1-3H3. The van der Waals surface area contributed by atoms with Crippen LogP contribution in [0.2, 0.25) is 0 Å². The smallest absolute Gasteiger partial charge is 0.247 e. The number of carbonyl (C=O) groups excluding carboxylic acids is 1. The molecule has 0 heterocycles. The predicted molar refractivity (Wildman–Crippen MR) is 80.1 cm³/mol. The summed E-state index contributed by atoms with van der Waals surface area (Å²) in [4.78, 5) is 13.4. The summed E-state index contributed by atoms with van der Waals surface area (Å²) in [6.07, 6.45) is 0. The van der Waals surface area contributed by atoms with Crippen LogP contribution >= 0.6 is 24.4 Å². The van der Waals surface area contributed by atoms with Gasteiger partial charge in [-0.1, -0.05) is 39.5 Å². The van der Waals surface area contributed by atoms with E-state index in [2.05, 4.69) is 38.3 Å². The largest absolute Gasteiger partial charge is 0.304 e. The molecule has 1 aromatic rings. The summed E-state index contributed by atoms with van der Waals surface area (Å²) in [6.45, 7) is 10.1. The number of hydrogen-bond donors (Lipinski definition) is 1. The van der Waals surface area contributed by atoms with Crippen LogP contribution in [-0.2, 0) is 0 Å². The van der Waals surface area contributed by atoms with Crippen molar-refractivity contribution in [2.75, 3.05) is 19.6 Å². The molecule has 0 saturated heterocycles. The highest BCUT2D eigenvalue weighted by Gasteiger charge is 1.99. The molecule has 0 bridgehead atoms. The molecule has 0 amide bonds. The first-order chi connectivity index (χ1) is 8.53. The number of thiol groups is 1. The van der Waals surface area contributed by atoms with E-state index in [0.29, 0.717) is 4.90 Å². The normalized spacial score (nSPS) is 9.89. The molecule has 2 nitrogen and oxygen atoms in total. The zero-order valence-electron chi connectivity index (χ0n) is 11.0. The molecule has 0 fully saturated rings. The monoisotopic (exact) mass is 289 g/mol. The average Bonchev–Trinajstić information content (AvgIpc) is 2.31. The third-order valence-electron chi connectivity index (χ3n) is 2.34. The van der Waals surface area contributed by atoms with Gasteiger partial charge in [0, 0.05) is 4.90 Å². The molecule has 18 heavy (non-hydrogen) atoms. The predicted octanol–water partition coefficient (Wildman–Crippen LogP) is 4.32. The summed E-state index contributed by atoms with van der Waals surface area (Å²) in [7, 11) is 0. The number of thioether (sulfide) groups is 1. The molecule has 0 aliphatic carbocycles. The maximum atomic E-state index is 12.5. The number of halogens is 1. The Bertz CT molecular complexity index is 351. The molecule has 0 N–H and O–H groups in total. The van der Waals surface area contributed by atoms with Gasteiger partial charge in [-0.2, -0.15) is 0 Å². The lowest BCUT2D eigenvalue weighted by Crippen LogP contribution is -2.21. The highest BCUT2D eigenvalue weighted by Crippen LogP contribution is 2.21. The quantitative estimate of drug-likeness (QED) is 0.658. The van der Waals surface area contributed by atoms with Gasteiger partial charge in [-0.25, -0.2) is 4.39 Å². The summed E-state index contributed by atoms with van der Waals surface area (Å²) >= 11 is 4.44. The summed E-state index contributed by atoms with van der Waals surface area (Å²) in [6, 6.07) is 5.82. The Labute approximate surface area is 118 Å². The molecule has 0 radical (unpaired) electrons. The Morgan fingerprint density at radius 3 is 2.17 bits per heavy atom. The zero-order valence-corrected chi connectivity index (χ0v) is 12.7. The van der Waals surface area contributed by atoms with Crippen LogP contribution in [0.15, 0.2) is 29.2 Å². The van der Waals surface area contributed by atoms with Crippen LogP contribution in [0.1, 0.15) is 20.8 Å². The van der Waals surface area contributed by atoms with Crippen molar-refractivity contribution in [2.24, 2.45) is 0 Å². The van der Waals surface area contributed by atoms with Crippen molar-refractivity contribution >= 4 is 28.8 Å². The van der Waals surface area contributed by atoms with Gasteiger partial charge < -0.3 is 4.90 Å². The second-order valence-electron chi connectivity index (χ2n) is 3.44. The van der Waals surface area contributed by atoms with Crippen molar-refractivity contribution in [2.45, 2.75) is 25.7 Å². The van der Waals surface area contributed by atoms with Crippen molar-refractivity contribution in [1.82, 2.24) is 4.90 Å². The van der Waals surface area contributed by atoms with Crippen LogP contribution in [0.25, 0.3) is 0 Å². The molecule has 5 heteroatoms. The van der Waals surface area contributed by atoms with E-state index >= 15 is 0 Å². The highest BCUT2D eigenvalue weighted by atomic mass is 32.2. The Morgan fingerprint density at radius 1 is 1.28 bits per heavy atom. The van der Waals surface area contributed by atoms with E-state index in [-0.39, 0.29) is 10.3 Å². The van der Waals surface area contributed by atoms with Gasteiger partial charge in [-0.05, 0) is 49.6 Å². The van der Waals surface area contributed by atoms with Crippen molar-refractivity contribution in [3.8, 4) is 0 Å². The third-order valence-corrected chi connectivity index (χ3v) is 3.28. The number of nitrogens with zero attached hydrogens (tertiary/aromatic N) is 1. The molecule has 0 aliphatic heterocycles. The van der Waals surface area contributed by atoms with Gasteiger partial charge in [-0.3, -0.25) is 4.79 Å². The van der Waals surface area contributed by atoms with Crippen molar-refractivity contribution in [3.63, 3.8) is 0 Å². The zero-order chi connectivity index (χ0) is 14.0. The SMILES string of the molecule is CCN(CC)CC.O=C(S)Sc1cccc(F)c1. The van der Waals surface area contributed by atoms with E-state index < -0.39 is 0 Å². The molecule has 0 atom stereocenters. The molecule has 0 unspecified atom stereocenters. The Hall–Kier alpha value is -0.520. The number of benzene rings is 1. The van der Waals surface area contributed by atoms with Gasteiger partial charge >= 0.3 is 0 Å². The van der Waals surface area contributed by atoms with Crippen molar-refractivity contribution in [3.05, 3.63) is 30.1 Å². The molecule has 0 saturated carbocycles. The Balaban J connectivity index is 0.000000360. The van der Waals surface area contributed by atoms with Gasteiger partial charge in [0.05, 0.1) is 0 Å². The first-order valence-electron chi connectivity index (χ1n) is 5.92. The lowest BCUT2D eigenvalue weighted by molar-refractivity contribution is 0.277. The van der Waals surface area contributed by atoms with E-state index in [1.807, 2.05) is 0 Å². The summed E-state index contributed by atoms with van der Waals surface area (Å²) < 4.78 is 12.1. The van der Waals surface area contributed by atoms with Crippen LogP contribution in [0.4, 0.5) is 9.18 Å². The number of hydrogen-bond acceptors (Lipinski definition) is 3. The lowest BCUT2D eigenvalue weighted by atomic mass is 10.4. The van der Waals surface area contributed by atoms with E-state index in [1.165, 1.54) is 31.8 Å². The molecule has 1 aromatic carbocycles. The van der Waals surface area contributed by atoms with Crippen LogP contribution in [0.5, 0.6) is 0 Å². The molecule has 0 aliphatic rings. The number of carbonyl (C=O) groups is 1. The maximum absolute atomic E-state index is 12.5. The van der Waals surface area contributed by atoms with E-state index in [1.54, 1.807) is 12.1 Å². The molecule has 0 spiro atoms. The molecule has 0 aromatic heterocycles. The fraction of sp³-hybridized carbons (Fsp3) is 0.462. The number of rotatable bonds is 4. The fourth-order valence-corrected chi connectivity index (χ4v) is 2.14. The fourth-order valence-electron chi connectivity index (χ4n) is 1.30. The van der Waals surface area contributed by atoms with Crippen LogP contribution in [0.3, 0.4) is 0 Å². The maximum Gasteiger partial charge on any atom is 0.247 e. The average molecular weight is 289 g/mol. The lowest BCUT2D eigenvalue weighted by Gasteiger charge is -2.13. The molecular formula is C13H20FNOS2. The molecule has 1 rings (SSSR count). The van der Waals surface area contributed by atoms with Crippen LogP contribution < -0.4 is 0 Å². The summed E-state index contributed by atoms with van der Waals surface area (Å²) in [5.41, 5.74) is 0. The van der Waals surface area contributed by atoms with Gasteiger partial charge in [-0.15, -0.1) is 0 Å². The van der Waals surface area contributed by atoms with Gasteiger partial charge in [0.1, 0.15) is 5.82 Å². The first kappa shape index (κ1) is 17.5. The van der Waals surface area contributed by atoms with Crippen molar-refractivity contribution < 1.29 is 9.18 Å². The second kappa shape index (κ2) is 10.4. The van der Waals surface area contributed by atoms with E-state index in [0.717, 1.165) is 11.8 Å². The van der Waals surface area contributed by atoms with Gasteiger partial charge in [0.25, 0.3) is 0 Å². The van der Waals surface area contributed by atoms with Gasteiger partial charge in [0.2, 0.25) is 4.45 Å². The molecule has 102 valence electrons. The minimum atomic E-state index is -0.343. The first-order valence-corrected chi connectivity index (χ1v) is 7.18. The topological polar surface area (TPSA) is 20.3 Å². The van der Waals surface area contributed by atoms with Crippen LogP contribution in [-0.4, -0.2) is 29.0 Å². The minimum Gasteiger partial charge on any atom is -0.304 e. The second-order valence-corrected chi connectivity index (χ2v) is 5.20. The van der Waals surface area contributed by atoms with Crippen molar-refractivity contribution in [1.29, 1.82) is 0 Å².